The van der Waals surface area contributed by atoms with E-state index < -0.39 is 0 Å². The molecule has 3 atom stereocenters. The minimum Gasteiger partial charge on any atom is -0.374 e. The molecule has 0 aromatic carbocycles. The van der Waals surface area contributed by atoms with E-state index in [4.69, 9.17) is 21.1 Å². The number of ether oxygens (including phenoxy) is 2. The molecule has 2 fully saturated rings. The van der Waals surface area contributed by atoms with Gasteiger partial charge in [0.05, 0.1) is 17.6 Å². The van der Waals surface area contributed by atoms with Crippen LogP contribution in [0.15, 0.2) is 0 Å². The van der Waals surface area contributed by atoms with E-state index in [9.17, 15) is 0 Å². The molecule has 0 aliphatic heterocycles. The molecule has 82 valence electrons. The van der Waals surface area contributed by atoms with E-state index in [-0.39, 0.29) is 17.6 Å². The van der Waals surface area contributed by atoms with E-state index in [0.29, 0.717) is 6.10 Å². The van der Waals surface area contributed by atoms with Gasteiger partial charge in [-0.05, 0) is 26.2 Å². The van der Waals surface area contributed by atoms with Gasteiger partial charge in [0.1, 0.15) is 6.10 Å². The molecule has 0 bridgehead atoms. The van der Waals surface area contributed by atoms with Crippen LogP contribution in [0.5, 0.6) is 0 Å². The topological polar surface area (TPSA) is 18.5 Å². The Morgan fingerprint density at radius 2 is 2.00 bits per heavy atom. The quantitative estimate of drug-likeness (QED) is 0.676. The van der Waals surface area contributed by atoms with Crippen LogP contribution in [0.2, 0.25) is 0 Å². The molecular weight excluding hydrogens is 200 g/mol. The average molecular weight is 219 g/mol. The van der Waals surface area contributed by atoms with E-state index >= 15 is 0 Å². The lowest BCUT2D eigenvalue weighted by atomic mass is 9.90. The van der Waals surface area contributed by atoms with Crippen LogP contribution in [0.4, 0.5) is 0 Å². The molecular formula is C11H19ClO2. The molecule has 0 saturated heterocycles. The van der Waals surface area contributed by atoms with Crippen LogP contribution in [-0.4, -0.2) is 30.3 Å². The van der Waals surface area contributed by atoms with Gasteiger partial charge < -0.3 is 9.47 Å². The van der Waals surface area contributed by atoms with Gasteiger partial charge in [-0.25, -0.2) is 0 Å². The molecule has 2 aliphatic rings. The van der Waals surface area contributed by atoms with Crippen LogP contribution in [0, 0.1) is 0 Å². The fourth-order valence-electron chi connectivity index (χ4n) is 2.34. The lowest BCUT2D eigenvalue weighted by molar-refractivity contribution is -0.144. The highest BCUT2D eigenvalue weighted by Gasteiger charge is 2.42. The third kappa shape index (κ3) is 2.23. The molecule has 3 heteroatoms. The number of hydrogen-bond acceptors (Lipinski definition) is 2. The van der Waals surface area contributed by atoms with E-state index in [0.717, 1.165) is 13.0 Å². The van der Waals surface area contributed by atoms with E-state index in [1.165, 1.54) is 25.7 Å². The zero-order valence-corrected chi connectivity index (χ0v) is 9.50. The Kier molecular flexibility index (Phi) is 3.69. The van der Waals surface area contributed by atoms with Crippen molar-refractivity contribution in [2.45, 2.75) is 62.7 Å². The second-order valence-corrected chi connectivity index (χ2v) is 4.81. The Morgan fingerprint density at radius 3 is 2.57 bits per heavy atom. The molecule has 2 saturated carbocycles. The summed E-state index contributed by atoms with van der Waals surface area (Å²) in [5.41, 5.74) is 0. The second kappa shape index (κ2) is 4.82. The van der Waals surface area contributed by atoms with Crippen molar-refractivity contribution >= 4 is 11.6 Å². The van der Waals surface area contributed by atoms with E-state index in [2.05, 4.69) is 0 Å². The standard InChI is InChI=1S/C11H19ClO2/c1-2-13-11-9(12)7-10(11)14-8-5-3-4-6-8/h8-11H,2-7H2,1H3. The second-order valence-electron chi connectivity index (χ2n) is 4.25. The fourth-order valence-corrected chi connectivity index (χ4v) is 2.75. The third-order valence-electron chi connectivity index (χ3n) is 3.21. The van der Waals surface area contributed by atoms with Crippen LogP contribution in [0.1, 0.15) is 39.0 Å². The van der Waals surface area contributed by atoms with Crippen molar-refractivity contribution in [3.8, 4) is 0 Å². The normalized spacial score (nSPS) is 38.6. The van der Waals surface area contributed by atoms with Crippen LogP contribution >= 0.6 is 11.6 Å². The van der Waals surface area contributed by atoms with Gasteiger partial charge in [-0.3, -0.25) is 0 Å². The highest BCUT2D eigenvalue weighted by atomic mass is 35.5. The Labute approximate surface area is 90.9 Å². The predicted molar refractivity (Wildman–Crippen MR) is 56.8 cm³/mol. The number of hydrogen-bond donors (Lipinski definition) is 0. The summed E-state index contributed by atoms with van der Waals surface area (Å²) in [6, 6.07) is 0. The van der Waals surface area contributed by atoms with E-state index in [1.807, 2.05) is 6.92 Å². The smallest absolute Gasteiger partial charge is 0.100 e. The summed E-state index contributed by atoms with van der Waals surface area (Å²) >= 11 is 6.07. The summed E-state index contributed by atoms with van der Waals surface area (Å²) in [6.07, 6.45) is 6.94. The summed E-state index contributed by atoms with van der Waals surface area (Å²) in [6.45, 7) is 2.74. The molecule has 0 N–H and O–H groups in total. The first-order valence-electron chi connectivity index (χ1n) is 5.72. The number of halogens is 1. The maximum absolute atomic E-state index is 6.07. The summed E-state index contributed by atoms with van der Waals surface area (Å²) in [7, 11) is 0. The predicted octanol–water partition coefficient (Wildman–Crippen LogP) is 2.73. The van der Waals surface area contributed by atoms with Crippen molar-refractivity contribution in [3.63, 3.8) is 0 Å². The minimum atomic E-state index is 0.141. The average Bonchev–Trinajstić information content (AvgIpc) is 2.66. The van der Waals surface area contributed by atoms with Crippen molar-refractivity contribution < 1.29 is 9.47 Å². The number of alkyl halides is 1. The summed E-state index contributed by atoms with van der Waals surface area (Å²) < 4.78 is 11.5. The SMILES string of the molecule is CCOC1C(Cl)CC1OC1CCCC1. The van der Waals surface area contributed by atoms with Gasteiger partial charge in [0.25, 0.3) is 0 Å². The highest BCUT2D eigenvalue weighted by Crippen LogP contribution is 2.35. The van der Waals surface area contributed by atoms with Crippen molar-refractivity contribution in [2.75, 3.05) is 6.61 Å². The van der Waals surface area contributed by atoms with E-state index in [1.54, 1.807) is 0 Å². The first kappa shape index (κ1) is 10.7. The molecule has 2 nitrogen and oxygen atoms in total. The Balaban J connectivity index is 1.75. The minimum absolute atomic E-state index is 0.141. The fraction of sp³-hybridized carbons (Fsp3) is 1.00. The molecule has 0 amide bonds. The van der Waals surface area contributed by atoms with Crippen LogP contribution < -0.4 is 0 Å². The maximum atomic E-state index is 6.07. The van der Waals surface area contributed by atoms with Gasteiger partial charge >= 0.3 is 0 Å². The molecule has 2 rings (SSSR count). The summed E-state index contributed by atoms with van der Waals surface area (Å²) in [5.74, 6) is 0. The van der Waals surface area contributed by atoms with Crippen LogP contribution in [0.3, 0.4) is 0 Å². The first-order valence-corrected chi connectivity index (χ1v) is 6.16. The van der Waals surface area contributed by atoms with Gasteiger partial charge in [0.2, 0.25) is 0 Å². The van der Waals surface area contributed by atoms with Gasteiger partial charge in [0.15, 0.2) is 0 Å². The van der Waals surface area contributed by atoms with Crippen molar-refractivity contribution in [2.24, 2.45) is 0 Å². The van der Waals surface area contributed by atoms with Crippen molar-refractivity contribution in [1.82, 2.24) is 0 Å². The van der Waals surface area contributed by atoms with Gasteiger partial charge in [-0.15, -0.1) is 11.6 Å². The lowest BCUT2D eigenvalue weighted by Gasteiger charge is -2.41. The summed E-state index contributed by atoms with van der Waals surface area (Å²) in [5, 5.41) is 0.168. The van der Waals surface area contributed by atoms with Gasteiger partial charge in [0, 0.05) is 6.61 Å². The first-order chi connectivity index (χ1) is 6.81. The lowest BCUT2D eigenvalue weighted by Crippen LogP contribution is -2.52. The molecule has 2 aliphatic carbocycles. The molecule has 0 heterocycles. The van der Waals surface area contributed by atoms with Gasteiger partial charge in [-0.2, -0.15) is 0 Å². The van der Waals surface area contributed by atoms with Crippen molar-refractivity contribution in [1.29, 1.82) is 0 Å². The molecule has 0 aromatic rings. The van der Waals surface area contributed by atoms with Crippen molar-refractivity contribution in [3.05, 3.63) is 0 Å². The van der Waals surface area contributed by atoms with Crippen LogP contribution in [-0.2, 0) is 9.47 Å². The molecule has 3 unspecified atom stereocenters. The molecule has 0 radical (unpaired) electrons. The Hall–Kier alpha value is 0.210. The highest BCUT2D eigenvalue weighted by molar-refractivity contribution is 6.21. The zero-order valence-electron chi connectivity index (χ0n) is 8.75. The molecule has 14 heavy (non-hydrogen) atoms. The Bertz CT molecular complexity index is 180. The Morgan fingerprint density at radius 1 is 1.29 bits per heavy atom. The number of rotatable bonds is 4. The third-order valence-corrected chi connectivity index (χ3v) is 3.64. The largest absolute Gasteiger partial charge is 0.374 e. The summed E-state index contributed by atoms with van der Waals surface area (Å²) in [4.78, 5) is 0. The van der Waals surface area contributed by atoms with Crippen LogP contribution in [0.25, 0.3) is 0 Å². The van der Waals surface area contributed by atoms with Gasteiger partial charge in [-0.1, -0.05) is 12.8 Å². The maximum Gasteiger partial charge on any atom is 0.100 e. The molecule has 0 aromatic heterocycles. The zero-order chi connectivity index (χ0) is 9.97. The monoisotopic (exact) mass is 218 g/mol. The molecule has 0 spiro atoms.